The summed E-state index contributed by atoms with van der Waals surface area (Å²) in [6, 6.07) is 8.60. The van der Waals surface area contributed by atoms with Gasteiger partial charge in [-0.3, -0.25) is 0 Å². The maximum absolute atomic E-state index is 13.1. The third-order valence-electron chi connectivity index (χ3n) is 3.17. The lowest BCUT2D eigenvalue weighted by atomic mass is 9.99. The van der Waals surface area contributed by atoms with Crippen molar-refractivity contribution in [1.82, 2.24) is 0 Å². The number of allylic oxidation sites excluding steroid dienone is 1. The summed E-state index contributed by atoms with van der Waals surface area (Å²) in [5.74, 6) is -1.42. The zero-order chi connectivity index (χ0) is 13.1. The van der Waals surface area contributed by atoms with E-state index in [1.54, 1.807) is 30.3 Å². The summed E-state index contributed by atoms with van der Waals surface area (Å²) in [7, 11) is 0. The second-order valence-corrected chi connectivity index (χ2v) is 4.51. The van der Waals surface area contributed by atoms with Gasteiger partial charge in [0, 0.05) is 0 Å². The Labute approximate surface area is 104 Å². The number of hydrogen-bond donors (Lipinski definition) is 1. The number of benzene rings is 1. The molecular weight excluding hydrogens is 238 g/mol. The number of carbonyl (C=O) groups is 1. The smallest absolute Gasteiger partial charge is 0.335 e. The average Bonchev–Trinajstić information content (AvgIpc) is 2.66. The Morgan fingerprint density at radius 2 is 1.72 bits per heavy atom. The molecule has 1 aliphatic rings. The van der Waals surface area contributed by atoms with E-state index in [0.717, 1.165) is 0 Å². The molecule has 96 valence electrons. The molecule has 1 unspecified atom stereocenters. The summed E-state index contributed by atoms with van der Waals surface area (Å²) in [4.78, 5) is 11.2. The third-order valence-corrected chi connectivity index (χ3v) is 3.17. The number of rotatable bonds is 3. The van der Waals surface area contributed by atoms with Crippen LogP contribution in [-0.4, -0.2) is 23.4 Å². The SMILES string of the molecule is O=C(O)/C(=C/C1C[C@@H](F)[C@@H](F)C1)c1ccccc1. The Bertz CT molecular complexity index is 446. The minimum atomic E-state index is -1.47. The molecule has 0 heterocycles. The molecular formula is C14H14F2O2. The molecule has 1 saturated carbocycles. The topological polar surface area (TPSA) is 37.3 Å². The Balaban J connectivity index is 2.24. The van der Waals surface area contributed by atoms with Gasteiger partial charge < -0.3 is 5.11 Å². The van der Waals surface area contributed by atoms with Gasteiger partial charge in [-0.1, -0.05) is 36.4 Å². The lowest BCUT2D eigenvalue weighted by Crippen LogP contribution is -2.06. The fourth-order valence-corrected chi connectivity index (χ4v) is 2.25. The van der Waals surface area contributed by atoms with E-state index < -0.39 is 18.3 Å². The van der Waals surface area contributed by atoms with E-state index in [-0.39, 0.29) is 24.3 Å². The van der Waals surface area contributed by atoms with Gasteiger partial charge in [-0.2, -0.15) is 0 Å². The molecule has 1 aromatic carbocycles. The van der Waals surface area contributed by atoms with Crippen LogP contribution in [0.2, 0.25) is 0 Å². The summed E-state index contributed by atoms with van der Waals surface area (Å²) in [5.41, 5.74) is 0.671. The Kier molecular flexibility index (Phi) is 3.75. The predicted molar refractivity (Wildman–Crippen MR) is 64.6 cm³/mol. The molecule has 1 N–H and O–H groups in total. The molecule has 18 heavy (non-hydrogen) atoms. The number of halogens is 2. The van der Waals surface area contributed by atoms with Crippen LogP contribution in [0.4, 0.5) is 8.78 Å². The first kappa shape index (κ1) is 12.7. The molecule has 1 aliphatic carbocycles. The molecule has 0 aliphatic heterocycles. The fraction of sp³-hybridized carbons (Fsp3) is 0.357. The van der Waals surface area contributed by atoms with Crippen molar-refractivity contribution < 1.29 is 18.7 Å². The highest BCUT2D eigenvalue weighted by Crippen LogP contribution is 2.33. The van der Waals surface area contributed by atoms with Crippen LogP contribution < -0.4 is 0 Å². The third kappa shape index (κ3) is 2.75. The molecule has 0 radical (unpaired) electrons. The van der Waals surface area contributed by atoms with Crippen LogP contribution >= 0.6 is 0 Å². The summed E-state index contributed by atoms with van der Waals surface area (Å²) in [6.07, 6.45) is -1.35. The number of hydrogen-bond acceptors (Lipinski definition) is 1. The van der Waals surface area contributed by atoms with Crippen molar-refractivity contribution in [3.63, 3.8) is 0 Å². The Hall–Kier alpha value is -1.71. The van der Waals surface area contributed by atoms with Crippen LogP contribution in [-0.2, 0) is 4.79 Å². The zero-order valence-electron chi connectivity index (χ0n) is 9.72. The highest BCUT2D eigenvalue weighted by molar-refractivity contribution is 6.15. The first-order valence-corrected chi connectivity index (χ1v) is 5.86. The van der Waals surface area contributed by atoms with Gasteiger partial charge in [-0.05, 0) is 24.3 Å². The lowest BCUT2D eigenvalue weighted by molar-refractivity contribution is -0.130. The van der Waals surface area contributed by atoms with Gasteiger partial charge in [0.1, 0.15) is 12.3 Å². The minimum absolute atomic E-state index is 0.0603. The maximum atomic E-state index is 13.1. The van der Waals surface area contributed by atoms with Gasteiger partial charge in [-0.15, -0.1) is 0 Å². The first-order valence-electron chi connectivity index (χ1n) is 5.86. The van der Waals surface area contributed by atoms with Gasteiger partial charge in [0.05, 0.1) is 5.57 Å². The molecule has 4 heteroatoms. The lowest BCUT2D eigenvalue weighted by Gasteiger charge is -2.06. The highest BCUT2D eigenvalue weighted by atomic mass is 19.2. The number of carboxylic acid groups (broad SMARTS) is 1. The van der Waals surface area contributed by atoms with Gasteiger partial charge >= 0.3 is 5.97 Å². The molecule has 1 aromatic rings. The van der Waals surface area contributed by atoms with Gasteiger partial charge in [0.15, 0.2) is 0 Å². The molecule has 0 bridgehead atoms. The summed E-state index contributed by atoms with van der Waals surface area (Å²) >= 11 is 0. The molecule has 1 fully saturated rings. The Morgan fingerprint density at radius 1 is 1.17 bits per heavy atom. The summed E-state index contributed by atoms with van der Waals surface area (Å²) < 4.78 is 26.1. The van der Waals surface area contributed by atoms with E-state index in [9.17, 15) is 13.6 Å². The van der Waals surface area contributed by atoms with E-state index >= 15 is 0 Å². The second-order valence-electron chi connectivity index (χ2n) is 4.51. The normalized spacial score (nSPS) is 28.3. The van der Waals surface area contributed by atoms with Gasteiger partial charge in [0.2, 0.25) is 0 Å². The van der Waals surface area contributed by atoms with Crippen molar-refractivity contribution in [2.75, 3.05) is 0 Å². The number of alkyl halides is 2. The van der Waals surface area contributed by atoms with E-state index in [4.69, 9.17) is 5.11 Å². The van der Waals surface area contributed by atoms with Crippen molar-refractivity contribution in [3.8, 4) is 0 Å². The minimum Gasteiger partial charge on any atom is -0.478 e. The van der Waals surface area contributed by atoms with Crippen LogP contribution in [0, 0.1) is 5.92 Å². The molecule has 0 aromatic heterocycles. The average molecular weight is 252 g/mol. The van der Waals surface area contributed by atoms with Crippen molar-refractivity contribution in [1.29, 1.82) is 0 Å². The van der Waals surface area contributed by atoms with E-state index in [1.807, 2.05) is 0 Å². The summed E-state index contributed by atoms with van der Waals surface area (Å²) in [6.45, 7) is 0. The number of carboxylic acids is 1. The van der Waals surface area contributed by atoms with Crippen molar-refractivity contribution in [2.45, 2.75) is 25.2 Å². The van der Waals surface area contributed by atoms with Crippen LogP contribution in [0.15, 0.2) is 36.4 Å². The van der Waals surface area contributed by atoms with Crippen molar-refractivity contribution >= 4 is 11.5 Å². The molecule has 2 nitrogen and oxygen atoms in total. The predicted octanol–water partition coefficient (Wildman–Crippen LogP) is 3.24. The van der Waals surface area contributed by atoms with Crippen molar-refractivity contribution in [2.24, 2.45) is 5.92 Å². The first-order chi connectivity index (χ1) is 8.58. The molecule has 0 amide bonds. The van der Waals surface area contributed by atoms with Crippen LogP contribution in [0.25, 0.3) is 5.57 Å². The van der Waals surface area contributed by atoms with Crippen LogP contribution in [0.5, 0.6) is 0 Å². The van der Waals surface area contributed by atoms with Gasteiger partial charge in [-0.25, -0.2) is 13.6 Å². The second kappa shape index (κ2) is 5.29. The van der Waals surface area contributed by atoms with E-state index in [2.05, 4.69) is 0 Å². The molecule has 0 saturated heterocycles. The van der Waals surface area contributed by atoms with E-state index in [0.29, 0.717) is 5.56 Å². The monoisotopic (exact) mass is 252 g/mol. The van der Waals surface area contributed by atoms with Crippen molar-refractivity contribution in [3.05, 3.63) is 42.0 Å². The highest BCUT2D eigenvalue weighted by Gasteiger charge is 2.34. The number of aliphatic carboxylic acids is 1. The summed E-state index contributed by atoms with van der Waals surface area (Å²) in [5, 5.41) is 9.16. The standard InChI is InChI=1S/C14H14F2O2/c15-12-7-9(8-13(12)16)6-11(14(17)18)10-4-2-1-3-5-10/h1-6,9,12-13H,7-8H2,(H,17,18)/b11-6+/t9?,12-,13+. The maximum Gasteiger partial charge on any atom is 0.335 e. The quantitative estimate of drug-likeness (QED) is 0.838. The van der Waals surface area contributed by atoms with Crippen LogP contribution in [0.1, 0.15) is 18.4 Å². The molecule has 0 spiro atoms. The zero-order valence-corrected chi connectivity index (χ0v) is 9.72. The molecule has 3 atom stereocenters. The largest absolute Gasteiger partial charge is 0.478 e. The Morgan fingerprint density at radius 3 is 2.22 bits per heavy atom. The van der Waals surface area contributed by atoms with Crippen LogP contribution in [0.3, 0.4) is 0 Å². The fourth-order valence-electron chi connectivity index (χ4n) is 2.25. The van der Waals surface area contributed by atoms with E-state index in [1.165, 1.54) is 6.08 Å². The van der Waals surface area contributed by atoms with Gasteiger partial charge in [0.25, 0.3) is 0 Å². The molecule has 2 rings (SSSR count).